The highest BCUT2D eigenvalue weighted by atomic mass is 16.5. The SMILES string of the molecule is O=C(Oc1ccccc1)c1cc(-c2ccccc2)cc(-c2ccccc2)[n+]1-c1ccccn1. The van der Waals surface area contributed by atoms with Crippen molar-refractivity contribution in [3.05, 3.63) is 133 Å². The molecule has 0 saturated heterocycles. The van der Waals surface area contributed by atoms with Crippen molar-refractivity contribution in [3.8, 4) is 34.0 Å². The molecule has 5 aromatic rings. The summed E-state index contributed by atoms with van der Waals surface area (Å²) in [5.41, 5.74) is 4.13. The molecule has 0 bridgehead atoms. The van der Waals surface area contributed by atoms with Gasteiger partial charge in [-0.3, -0.25) is 0 Å². The number of carbonyl (C=O) groups is 1. The van der Waals surface area contributed by atoms with E-state index in [0.717, 1.165) is 22.4 Å². The average molecular weight is 429 g/mol. The van der Waals surface area contributed by atoms with Crippen LogP contribution in [0.3, 0.4) is 0 Å². The first kappa shape index (κ1) is 20.3. The first-order valence-electron chi connectivity index (χ1n) is 10.7. The van der Waals surface area contributed by atoms with E-state index in [-0.39, 0.29) is 0 Å². The fourth-order valence-electron chi connectivity index (χ4n) is 3.74. The standard InChI is InChI=1S/C29H21N2O2/c32-29(33-25-16-8-3-9-17-25)27-21-24(22-12-4-1-5-13-22)20-26(23-14-6-2-7-15-23)31(27)28-18-10-11-19-30-28/h1-21H/q+1. The lowest BCUT2D eigenvalue weighted by atomic mass is 10.0. The third-order valence-corrected chi connectivity index (χ3v) is 5.28. The average Bonchev–Trinajstić information content (AvgIpc) is 2.90. The van der Waals surface area contributed by atoms with E-state index in [1.807, 2.05) is 108 Å². The van der Waals surface area contributed by atoms with Crippen LogP contribution < -0.4 is 9.30 Å². The predicted molar refractivity (Wildman–Crippen MR) is 128 cm³/mol. The molecule has 2 aromatic heterocycles. The van der Waals surface area contributed by atoms with Gasteiger partial charge in [-0.1, -0.05) is 84.9 Å². The van der Waals surface area contributed by atoms with Crippen molar-refractivity contribution in [2.45, 2.75) is 0 Å². The molecule has 0 aliphatic rings. The first-order chi connectivity index (χ1) is 16.3. The van der Waals surface area contributed by atoms with E-state index in [9.17, 15) is 4.79 Å². The first-order valence-corrected chi connectivity index (χ1v) is 10.7. The normalized spacial score (nSPS) is 10.5. The number of benzene rings is 3. The molecule has 0 aliphatic heterocycles. The number of carbonyl (C=O) groups excluding carboxylic acids is 1. The molecular weight excluding hydrogens is 408 g/mol. The van der Waals surface area contributed by atoms with Gasteiger partial charge >= 0.3 is 11.8 Å². The lowest BCUT2D eigenvalue weighted by Crippen LogP contribution is -2.42. The van der Waals surface area contributed by atoms with Crippen LogP contribution in [0.25, 0.3) is 28.2 Å². The van der Waals surface area contributed by atoms with Gasteiger partial charge in [0, 0.05) is 17.7 Å². The number of aromatic nitrogens is 2. The van der Waals surface area contributed by atoms with Crippen molar-refractivity contribution in [2.24, 2.45) is 0 Å². The summed E-state index contributed by atoms with van der Waals surface area (Å²) in [6.07, 6.45) is 1.72. The highest BCUT2D eigenvalue weighted by molar-refractivity contribution is 5.90. The number of nitrogens with zero attached hydrogens (tertiary/aromatic N) is 2. The number of ether oxygens (including phenoxy) is 1. The van der Waals surface area contributed by atoms with Crippen LogP contribution >= 0.6 is 0 Å². The van der Waals surface area contributed by atoms with Crippen molar-refractivity contribution in [3.63, 3.8) is 0 Å². The molecule has 33 heavy (non-hydrogen) atoms. The lowest BCUT2D eigenvalue weighted by molar-refractivity contribution is -0.590. The summed E-state index contributed by atoms with van der Waals surface area (Å²) in [7, 11) is 0. The Balaban J connectivity index is 1.77. The Labute approximate surface area is 192 Å². The summed E-state index contributed by atoms with van der Waals surface area (Å²) in [6.45, 7) is 0. The fourth-order valence-corrected chi connectivity index (χ4v) is 3.74. The monoisotopic (exact) mass is 429 g/mol. The van der Waals surface area contributed by atoms with E-state index in [0.29, 0.717) is 17.3 Å². The topological polar surface area (TPSA) is 43.1 Å². The molecule has 3 aromatic carbocycles. The van der Waals surface area contributed by atoms with E-state index in [4.69, 9.17) is 4.74 Å². The Morgan fingerprint density at radius 2 is 1.24 bits per heavy atom. The Bertz CT molecular complexity index is 1370. The van der Waals surface area contributed by atoms with Crippen molar-refractivity contribution in [2.75, 3.05) is 0 Å². The molecule has 0 amide bonds. The molecule has 158 valence electrons. The van der Waals surface area contributed by atoms with Crippen molar-refractivity contribution >= 4 is 5.97 Å². The van der Waals surface area contributed by atoms with Gasteiger partial charge in [-0.05, 0) is 40.4 Å². The van der Waals surface area contributed by atoms with Crippen molar-refractivity contribution < 1.29 is 14.1 Å². The number of rotatable bonds is 5. The van der Waals surface area contributed by atoms with Crippen LogP contribution in [0.4, 0.5) is 0 Å². The van der Waals surface area contributed by atoms with E-state index in [1.54, 1.807) is 18.3 Å². The second kappa shape index (κ2) is 9.28. The minimum absolute atomic E-state index is 0.387. The minimum Gasteiger partial charge on any atom is -0.420 e. The second-order valence-electron chi connectivity index (χ2n) is 7.47. The third kappa shape index (κ3) is 4.41. The highest BCUT2D eigenvalue weighted by Gasteiger charge is 2.27. The molecule has 4 heteroatoms. The minimum atomic E-state index is -0.457. The Morgan fingerprint density at radius 3 is 1.88 bits per heavy atom. The summed E-state index contributed by atoms with van der Waals surface area (Å²) < 4.78 is 7.61. The number of hydrogen-bond acceptors (Lipinski definition) is 3. The van der Waals surface area contributed by atoms with Crippen LogP contribution in [-0.4, -0.2) is 11.0 Å². The van der Waals surface area contributed by atoms with E-state index >= 15 is 0 Å². The van der Waals surface area contributed by atoms with Crippen molar-refractivity contribution in [1.82, 2.24) is 4.98 Å². The maximum Gasteiger partial charge on any atom is 0.384 e. The van der Waals surface area contributed by atoms with Gasteiger partial charge in [-0.15, -0.1) is 0 Å². The zero-order valence-electron chi connectivity index (χ0n) is 17.8. The van der Waals surface area contributed by atoms with Gasteiger partial charge in [0.2, 0.25) is 5.69 Å². The number of para-hydroxylation sites is 1. The van der Waals surface area contributed by atoms with Gasteiger partial charge < -0.3 is 4.74 Å². The Kier molecular flexibility index (Phi) is 5.72. The van der Waals surface area contributed by atoms with Gasteiger partial charge in [0.1, 0.15) is 17.6 Å². The number of esters is 1. The zero-order chi connectivity index (χ0) is 22.5. The summed E-state index contributed by atoms with van der Waals surface area (Å²) in [6, 6.07) is 38.7. The molecule has 0 fully saturated rings. The third-order valence-electron chi connectivity index (χ3n) is 5.28. The fraction of sp³-hybridized carbons (Fsp3) is 0. The molecule has 0 spiro atoms. The molecule has 0 unspecified atom stereocenters. The largest absolute Gasteiger partial charge is 0.420 e. The maximum atomic E-state index is 13.5. The summed E-state index contributed by atoms with van der Waals surface area (Å²) in [5, 5.41) is 0. The van der Waals surface area contributed by atoms with Crippen LogP contribution in [-0.2, 0) is 0 Å². The predicted octanol–water partition coefficient (Wildman–Crippen LogP) is 5.91. The van der Waals surface area contributed by atoms with Crippen LogP contribution in [0.15, 0.2) is 128 Å². The summed E-state index contributed by atoms with van der Waals surface area (Å²) in [5.74, 6) is 0.666. The van der Waals surface area contributed by atoms with Crippen LogP contribution in [0, 0.1) is 0 Å². The van der Waals surface area contributed by atoms with Crippen LogP contribution in [0.5, 0.6) is 5.75 Å². The molecular formula is C29H21N2O2+. The Morgan fingerprint density at radius 1 is 0.636 bits per heavy atom. The molecule has 0 atom stereocenters. The van der Waals surface area contributed by atoms with E-state index in [2.05, 4.69) is 11.1 Å². The van der Waals surface area contributed by atoms with E-state index < -0.39 is 5.97 Å². The number of pyridine rings is 2. The quantitative estimate of drug-likeness (QED) is 0.198. The molecule has 0 radical (unpaired) electrons. The van der Waals surface area contributed by atoms with E-state index in [1.165, 1.54) is 0 Å². The van der Waals surface area contributed by atoms with Gasteiger partial charge in [0.15, 0.2) is 0 Å². The van der Waals surface area contributed by atoms with Gasteiger partial charge in [-0.2, -0.15) is 4.57 Å². The number of hydrogen-bond donors (Lipinski definition) is 0. The van der Waals surface area contributed by atoms with Gasteiger partial charge in [0.25, 0.3) is 0 Å². The smallest absolute Gasteiger partial charge is 0.384 e. The molecule has 5 rings (SSSR count). The lowest BCUT2D eigenvalue weighted by Gasteiger charge is -2.14. The zero-order valence-corrected chi connectivity index (χ0v) is 17.8. The van der Waals surface area contributed by atoms with Gasteiger partial charge in [0.05, 0.1) is 0 Å². The molecule has 0 saturated carbocycles. The highest BCUT2D eigenvalue weighted by Crippen LogP contribution is 2.27. The summed E-state index contributed by atoms with van der Waals surface area (Å²) in [4.78, 5) is 18.0. The molecule has 2 heterocycles. The summed E-state index contributed by atoms with van der Waals surface area (Å²) >= 11 is 0. The van der Waals surface area contributed by atoms with Crippen LogP contribution in [0.2, 0.25) is 0 Å². The second-order valence-corrected chi connectivity index (χ2v) is 7.47. The molecule has 4 nitrogen and oxygen atoms in total. The van der Waals surface area contributed by atoms with Gasteiger partial charge in [-0.25, -0.2) is 4.79 Å². The Hall–Kier alpha value is -4.57. The molecule has 0 aliphatic carbocycles. The maximum absolute atomic E-state index is 13.5. The van der Waals surface area contributed by atoms with Crippen LogP contribution in [0.1, 0.15) is 10.5 Å². The van der Waals surface area contributed by atoms with Crippen molar-refractivity contribution in [1.29, 1.82) is 0 Å². The molecule has 0 N–H and O–H groups in total.